The highest BCUT2D eigenvalue weighted by molar-refractivity contribution is 5.77. The maximum Gasteiger partial charge on any atom is 0.416 e. The molecule has 5 nitrogen and oxygen atoms in total. The highest BCUT2D eigenvalue weighted by Gasteiger charge is 2.31. The molecule has 0 bridgehead atoms. The zero-order chi connectivity index (χ0) is 17.6. The van der Waals surface area contributed by atoms with Gasteiger partial charge in [-0.25, -0.2) is 0 Å². The molecule has 0 aliphatic carbocycles. The highest BCUT2D eigenvalue weighted by Crippen LogP contribution is 2.32. The fourth-order valence-electron chi connectivity index (χ4n) is 2.36. The van der Waals surface area contributed by atoms with Gasteiger partial charge in [0, 0.05) is 20.0 Å². The van der Waals surface area contributed by atoms with Crippen LogP contribution in [0.3, 0.4) is 0 Å². The number of piperidine rings is 1. The van der Waals surface area contributed by atoms with Crippen LogP contribution in [-0.2, 0) is 15.8 Å². The van der Waals surface area contributed by atoms with Gasteiger partial charge in [0.2, 0.25) is 5.91 Å². The van der Waals surface area contributed by atoms with Gasteiger partial charge in [0.25, 0.3) is 5.97 Å². The molecule has 1 aromatic rings. The summed E-state index contributed by atoms with van der Waals surface area (Å²) in [7, 11) is 0. The summed E-state index contributed by atoms with van der Waals surface area (Å²) in [4.78, 5) is 20.2. The van der Waals surface area contributed by atoms with E-state index in [1.54, 1.807) is 0 Å². The molecule has 128 valence electrons. The number of primary amides is 1. The first kappa shape index (κ1) is 19.0. The van der Waals surface area contributed by atoms with Gasteiger partial charge in [0.1, 0.15) is 0 Å². The molecule has 0 saturated carbocycles. The van der Waals surface area contributed by atoms with Crippen molar-refractivity contribution in [1.29, 1.82) is 0 Å². The average molecular weight is 332 g/mol. The van der Waals surface area contributed by atoms with Crippen LogP contribution in [-0.4, -0.2) is 30.1 Å². The van der Waals surface area contributed by atoms with Crippen LogP contribution in [0.25, 0.3) is 0 Å². The van der Waals surface area contributed by atoms with Crippen LogP contribution in [0.5, 0.6) is 0 Å². The van der Waals surface area contributed by atoms with E-state index in [4.69, 9.17) is 15.6 Å². The van der Waals surface area contributed by atoms with Crippen molar-refractivity contribution in [2.24, 2.45) is 11.7 Å². The van der Waals surface area contributed by atoms with E-state index in [1.165, 1.54) is 12.1 Å². The van der Waals surface area contributed by atoms with Gasteiger partial charge in [-0.2, -0.15) is 13.2 Å². The van der Waals surface area contributed by atoms with Crippen LogP contribution < -0.4 is 11.1 Å². The van der Waals surface area contributed by atoms with Crippen LogP contribution in [0.4, 0.5) is 13.2 Å². The molecular weight excluding hydrogens is 313 g/mol. The Hall–Kier alpha value is -2.09. The number of rotatable bonds is 2. The van der Waals surface area contributed by atoms with Gasteiger partial charge >= 0.3 is 6.18 Å². The normalized spacial score (nSPS) is 21.0. The number of carbonyl (C=O) groups excluding carboxylic acids is 1. The lowest BCUT2D eigenvalue weighted by atomic mass is 9.85. The lowest BCUT2D eigenvalue weighted by Gasteiger charge is -2.28. The third-order valence-electron chi connectivity index (χ3n) is 3.46. The lowest BCUT2D eigenvalue weighted by Crippen LogP contribution is -2.41. The van der Waals surface area contributed by atoms with Gasteiger partial charge in [-0.1, -0.05) is 12.1 Å². The van der Waals surface area contributed by atoms with E-state index >= 15 is 0 Å². The van der Waals surface area contributed by atoms with Crippen LogP contribution in [0, 0.1) is 5.92 Å². The Balaban J connectivity index is 0.000000593. The monoisotopic (exact) mass is 332 g/mol. The number of carboxylic acid groups (broad SMARTS) is 1. The number of carbonyl (C=O) groups is 2. The lowest BCUT2D eigenvalue weighted by molar-refractivity contribution is -0.137. The number of carboxylic acids is 1. The summed E-state index contributed by atoms with van der Waals surface area (Å²) in [5.41, 5.74) is 5.40. The SMILES string of the molecule is CC(=O)O.NC(=O)C1CNCC(c2ccc(C(F)(F)F)cc2)C1. The molecule has 1 saturated heterocycles. The van der Waals surface area contributed by atoms with Crippen molar-refractivity contribution in [2.45, 2.75) is 25.4 Å². The molecule has 0 spiro atoms. The fourth-order valence-corrected chi connectivity index (χ4v) is 2.36. The summed E-state index contributed by atoms with van der Waals surface area (Å²) in [5.74, 6) is -1.45. The number of amides is 1. The predicted octanol–water partition coefficient (Wildman–Crippen LogP) is 1.97. The Morgan fingerprint density at radius 3 is 2.17 bits per heavy atom. The molecule has 1 fully saturated rings. The zero-order valence-corrected chi connectivity index (χ0v) is 12.6. The first-order chi connectivity index (χ1) is 10.6. The van der Waals surface area contributed by atoms with Crippen molar-refractivity contribution < 1.29 is 27.9 Å². The Labute approximate surface area is 131 Å². The van der Waals surface area contributed by atoms with E-state index in [9.17, 15) is 18.0 Å². The molecule has 2 atom stereocenters. The number of benzene rings is 1. The topological polar surface area (TPSA) is 92.4 Å². The molecule has 1 aromatic carbocycles. The first-order valence-electron chi connectivity index (χ1n) is 6.98. The van der Waals surface area contributed by atoms with Crippen LogP contribution in [0.1, 0.15) is 30.4 Å². The van der Waals surface area contributed by atoms with Gasteiger partial charge in [-0.05, 0) is 30.0 Å². The second kappa shape index (κ2) is 7.96. The van der Waals surface area contributed by atoms with Crippen molar-refractivity contribution in [2.75, 3.05) is 13.1 Å². The van der Waals surface area contributed by atoms with E-state index < -0.39 is 17.7 Å². The third kappa shape index (κ3) is 6.27. The highest BCUT2D eigenvalue weighted by atomic mass is 19.4. The third-order valence-corrected chi connectivity index (χ3v) is 3.46. The second-order valence-electron chi connectivity index (χ2n) is 5.33. The average Bonchev–Trinajstić information content (AvgIpc) is 2.46. The Bertz CT molecular complexity index is 540. The number of hydrogen-bond acceptors (Lipinski definition) is 3. The van der Waals surface area contributed by atoms with Gasteiger partial charge in [-0.3, -0.25) is 9.59 Å². The molecule has 0 radical (unpaired) electrons. The largest absolute Gasteiger partial charge is 0.481 e. The second-order valence-corrected chi connectivity index (χ2v) is 5.33. The molecule has 4 N–H and O–H groups in total. The molecule has 1 aliphatic rings. The molecule has 1 heterocycles. The summed E-state index contributed by atoms with van der Waals surface area (Å²) >= 11 is 0. The van der Waals surface area contributed by atoms with Crippen LogP contribution in [0.2, 0.25) is 0 Å². The molecular formula is C15H19F3N2O3. The quantitative estimate of drug-likeness (QED) is 0.772. The number of alkyl halides is 3. The number of nitrogens with one attached hydrogen (secondary N) is 1. The Morgan fingerprint density at radius 1 is 1.22 bits per heavy atom. The molecule has 8 heteroatoms. The van der Waals surface area contributed by atoms with Gasteiger partial charge < -0.3 is 16.2 Å². The Morgan fingerprint density at radius 2 is 1.74 bits per heavy atom. The smallest absolute Gasteiger partial charge is 0.416 e. The van der Waals surface area contributed by atoms with Gasteiger partial charge in [0.05, 0.1) is 11.5 Å². The van der Waals surface area contributed by atoms with E-state index in [1.807, 2.05) is 0 Å². The van der Waals surface area contributed by atoms with Crippen molar-refractivity contribution in [3.05, 3.63) is 35.4 Å². The fraction of sp³-hybridized carbons (Fsp3) is 0.467. The zero-order valence-electron chi connectivity index (χ0n) is 12.6. The summed E-state index contributed by atoms with van der Waals surface area (Å²) in [6.07, 6.45) is -3.74. The van der Waals surface area contributed by atoms with E-state index in [-0.39, 0.29) is 17.7 Å². The van der Waals surface area contributed by atoms with E-state index in [0.717, 1.165) is 24.6 Å². The molecule has 2 unspecified atom stereocenters. The number of halogens is 3. The summed E-state index contributed by atoms with van der Waals surface area (Å²) in [6.45, 7) is 2.27. The minimum Gasteiger partial charge on any atom is -0.481 e. The number of hydrogen-bond donors (Lipinski definition) is 3. The summed E-state index contributed by atoms with van der Waals surface area (Å²) in [5, 5.41) is 10.5. The van der Waals surface area contributed by atoms with Crippen LogP contribution in [0.15, 0.2) is 24.3 Å². The summed E-state index contributed by atoms with van der Waals surface area (Å²) in [6, 6.07) is 5.09. The maximum absolute atomic E-state index is 12.5. The standard InChI is InChI=1S/C13H15F3N2O.C2H4O2/c14-13(15,16)11-3-1-8(2-4-11)9-5-10(12(17)19)7-18-6-9;1-2(3)4/h1-4,9-10,18H,5-7H2,(H2,17,19);1H3,(H,3,4). The van der Waals surface area contributed by atoms with Crippen LogP contribution >= 0.6 is 0 Å². The van der Waals surface area contributed by atoms with E-state index in [2.05, 4.69) is 5.32 Å². The van der Waals surface area contributed by atoms with Crippen molar-refractivity contribution in [3.8, 4) is 0 Å². The van der Waals surface area contributed by atoms with Crippen molar-refractivity contribution >= 4 is 11.9 Å². The van der Waals surface area contributed by atoms with Gasteiger partial charge in [-0.15, -0.1) is 0 Å². The van der Waals surface area contributed by atoms with Crippen molar-refractivity contribution in [1.82, 2.24) is 5.32 Å². The van der Waals surface area contributed by atoms with Crippen molar-refractivity contribution in [3.63, 3.8) is 0 Å². The maximum atomic E-state index is 12.5. The molecule has 0 aromatic heterocycles. The molecule has 23 heavy (non-hydrogen) atoms. The number of nitrogens with two attached hydrogens (primary N) is 1. The molecule has 1 aliphatic heterocycles. The molecule has 2 rings (SSSR count). The van der Waals surface area contributed by atoms with E-state index in [0.29, 0.717) is 19.5 Å². The summed E-state index contributed by atoms with van der Waals surface area (Å²) < 4.78 is 37.4. The minimum absolute atomic E-state index is 0.0218. The predicted molar refractivity (Wildman–Crippen MR) is 77.7 cm³/mol. The van der Waals surface area contributed by atoms with Gasteiger partial charge in [0.15, 0.2) is 0 Å². The molecule has 1 amide bonds. The first-order valence-corrected chi connectivity index (χ1v) is 6.98. The Kier molecular flexibility index (Phi) is 6.56. The number of aliphatic carboxylic acids is 1. The minimum atomic E-state index is -4.32.